The number of amides is 2. The summed E-state index contributed by atoms with van der Waals surface area (Å²) in [6, 6.07) is 8.19. The molecule has 0 radical (unpaired) electrons. The molecule has 2 amide bonds. The number of carbonyl (C=O) groups excluding carboxylic acids is 2. The van der Waals surface area contributed by atoms with Crippen LogP contribution in [0.2, 0.25) is 0 Å². The molecule has 0 unspecified atom stereocenters. The van der Waals surface area contributed by atoms with E-state index >= 15 is 0 Å². The van der Waals surface area contributed by atoms with E-state index in [4.69, 9.17) is 0 Å². The van der Waals surface area contributed by atoms with Crippen molar-refractivity contribution in [3.05, 3.63) is 57.1 Å². The van der Waals surface area contributed by atoms with E-state index in [-0.39, 0.29) is 22.9 Å². The molecule has 0 aromatic heterocycles. The zero-order valence-electron chi connectivity index (χ0n) is 17.0. The topological polar surface area (TPSA) is 95.6 Å². The molecule has 0 heterocycles. The lowest BCUT2D eigenvalue weighted by atomic mass is 10.1. The van der Waals surface area contributed by atoms with Gasteiger partial charge in [0.05, 0.1) is 11.4 Å². The fourth-order valence-electron chi connectivity index (χ4n) is 2.86. The van der Waals surface area contributed by atoms with Crippen molar-refractivity contribution >= 4 is 43.5 Å². The molecule has 0 aliphatic heterocycles. The number of nitrogens with one attached hydrogen (secondary N) is 2. The van der Waals surface area contributed by atoms with Gasteiger partial charge in [0, 0.05) is 29.8 Å². The smallest absolute Gasteiger partial charge is 0.251 e. The maximum Gasteiger partial charge on any atom is 0.251 e. The molecule has 2 aromatic carbocycles. The fourth-order valence-corrected chi connectivity index (χ4v) is 4.71. The van der Waals surface area contributed by atoms with Crippen LogP contribution in [0.3, 0.4) is 0 Å². The average molecular weight is 482 g/mol. The zero-order valence-corrected chi connectivity index (χ0v) is 19.4. The third-order valence-electron chi connectivity index (χ3n) is 4.30. The van der Waals surface area contributed by atoms with Crippen LogP contribution in [0, 0.1) is 20.8 Å². The van der Waals surface area contributed by atoms with Crippen molar-refractivity contribution in [2.24, 2.45) is 0 Å². The van der Waals surface area contributed by atoms with Crippen LogP contribution in [0.5, 0.6) is 0 Å². The molecular formula is C20H24BrN3O4S. The zero-order chi connectivity index (χ0) is 21.9. The minimum atomic E-state index is -3.72. The monoisotopic (exact) mass is 481 g/mol. The molecule has 9 heteroatoms. The van der Waals surface area contributed by atoms with Crippen molar-refractivity contribution in [1.82, 2.24) is 9.62 Å². The van der Waals surface area contributed by atoms with E-state index in [1.165, 1.54) is 32.3 Å². The third kappa shape index (κ3) is 5.43. The van der Waals surface area contributed by atoms with Gasteiger partial charge in [0.2, 0.25) is 15.9 Å². The lowest BCUT2D eigenvalue weighted by Crippen LogP contribution is -2.33. The quantitative estimate of drug-likeness (QED) is 0.662. The summed E-state index contributed by atoms with van der Waals surface area (Å²) in [5.74, 6) is -0.910. The van der Waals surface area contributed by atoms with Gasteiger partial charge in [-0.3, -0.25) is 9.59 Å². The third-order valence-corrected chi connectivity index (χ3v) is 7.11. The summed E-state index contributed by atoms with van der Waals surface area (Å²) in [7, 11) is -0.900. The molecule has 2 rings (SSSR count). The van der Waals surface area contributed by atoms with Gasteiger partial charge in [-0.05, 0) is 66.0 Å². The number of hydrogen-bond donors (Lipinski definition) is 2. The SMILES string of the molecule is Cc1cc(C)c(NC(=O)CNC(=O)c2ccc(Br)c(S(=O)(=O)N(C)C)c2)c(C)c1. The number of halogens is 1. The van der Waals surface area contributed by atoms with E-state index in [0.29, 0.717) is 4.47 Å². The Hall–Kier alpha value is -2.23. The molecule has 7 nitrogen and oxygen atoms in total. The molecule has 2 N–H and O–H groups in total. The predicted octanol–water partition coefficient (Wildman–Crippen LogP) is 2.99. The molecule has 0 saturated carbocycles. The summed E-state index contributed by atoms with van der Waals surface area (Å²) < 4.78 is 26.2. The highest BCUT2D eigenvalue weighted by Crippen LogP contribution is 2.25. The van der Waals surface area contributed by atoms with Gasteiger partial charge in [0.1, 0.15) is 0 Å². The van der Waals surface area contributed by atoms with Crippen LogP contribution in [0.15, 0.2) is 39.7 Å². The van der Waals surface area contributed by atoms with Crippen LogP contribution < -0.4 is 10.6 Å². The number of aryl methyl sites for hydroxylation is 3. The Morgan fingerprint density at radius 3 is 2.17 bits per heavy atom. The Balaban J connectivity index is 2.11. The number of rotatable bonds is 6. The Bertz CT molecular complexity index is 1040. The normalized spacial score (nSPS) is 11.4. The average Bonchev–Trinajstić information content (AvgIpc) is 2.62. The van der Waals surface area contributed by atoms with Gasteiger partial charge in [-0.25, -0.2) is 12.7 Å². The predicted molar refractivity (Wildman–Crippen MR) is 117 cm³/mol. The van der Waals surface area contributed by atoms with Gasteiger partial charge >= 0.3 is 0 Å². The van der Waals surface area contributed by atoms with Crippen LogP contribution >= 0.6 is 15.9 Å². The van der Waals surface area contributed by atoms with Crippen LogP contribution in [0.1, 0.15) is 27.0 Å². The molecule has 0 spiro atoms. The van der Waals surface area contributed by atoms with Crippen molar-refractivity contribution < 1.29 is 18.0 Å². The first-order valence-corrected chi connectivity index (χ1v) is 11.0. The molecule has 0 bridgehead atoms. The number of nitrogens with zero attached hydrogens (tertiary/aromatic N) is 1. The van der Waals surface area contributed by atoms with Crippen molar-refractivity contribution in [3.8, 4) is 0 Å². The first-order chi connectivity index (χ1) is 13.4. The van der Waals surface area contributed by atoms with Gasteiger partial charge in [0.15, 0.2) is 0 Å². The number of hydrogen-bond acceptors (Lipinski definition) is 4. The summed E-state index contributed by atoms with van der Waals surface area (Å²) in [6.45, 7) is 5.55. The molecule has 0 aliphatic carbocycles. The van der Waals surface area contributed by atoms with Crippen LogP contribution in [0.25, 0.3) is 0 Å². The fraction of sp³-hybridized carbons (Fsp3) is 0.300. The highest BCUT2D eigenvalue weighted by atomic mass is 79.9. The molecule has 0 saturated heterocycles. The number of carbonyl (C=O) groups is 2. The van der Waals surface area contributed by atoms with Crippen molar-refractivity contribution in [2.45, 2.75) is 25.7 Å². The lowest BCUT2D eigenvalue weighted by molar-refractivity contribution is -0.115. The van der Waals surface area contributed by atoms with E-state index in [1.807, 2.05) is 32.9 Å². The number of anilines is 1. The number of benzene rings is 2. The molecule has 0 atom stereocenters. The highest BCUT2D eigenvalue weighted by Gasteiger charge is 2.22. The Kier molecular flexibility index (Phi) is 7.20. The Morgan fingerprint density at radius 2 is 1.62 bits per heavy atom. The summed E-state index contributed by atoms with van der Waals surface area (Å²) >= 11 is 3.20. The van der Waals surface area contributed by atoms with E-state index in [9.17, 15) is 18.0 Å². The summed E-state index contributed by atoms with van der Waals surface area (Å²) in [5, 5.41) is 5.33. The second-order valence-electron chi connectivity index (χ2n) is 6.94. The minimum Gasteiger partial charge on any atom is -0.343 e. The maximum atomic E-state index is 12.4. The second kappa shape index (κ2) is 9.06. The van der Waals surface area contributed by atoms with E-state index in [2.05, 4.69) is 26.6 Å². The Morgan fingerprint density at radius 1 is 1.03 bits per heavy atom. The van der Waals surface area contributed by atoms with E-state index in [0.717, 1.165) is 26.7 Å². The molecule has 29 heavy (non-hydrogen) atoms. The second-order valence-corrected chi connectivity index (χ2v) is 9.91. The molecule has 156 valence electrons. The highest BCUT2D eigenvalue weighted by molar-refractivity contribution is 9.10. The summed E-state index contributed by atoms with van der Waals surface area (Å²) in [4.78, 5) is 24.7. The summed E-state index contributed by atoms with van der Waals surface area (Å²) in [6.07, 6.45) is 0. The molecular weight excluding hydrogens is 458 g/mol. The van der Waals surface area contributed by atoms with Crippen molar-refractivity contribution in [1.29, 1.82) is 0 Å². The molecule has 0 fully saturated rings. The standard InChI is InChI=1S/C20H24BrN3O4S/c1-12-8-13(2)19(14(3)9-12)23-18(25)11-22-20(26)15-6-7-16(21)17(10-15)29(27,28)24(4)5/h6-10H,11H2,1-5H3,(H,22,26)(H,23,25). The maximum absolute atomic E-state index is 12.4. The van der Waals surface area contributed by atoms with Crippen molar-refractivity contribution in [2.75, 3.05) is 26.0 Å². The van der Waals surface area contributed by atoms with E-state index < -0.39 is 15.9 Å². The Labute approximate surface area is 179 Å². The molecule has 2 aromatic rings. The summed E-state index contributed by atoms with van der Waals surface area (Å²) in [5.41, 5.74) is 3.84. The van der Waals surface area contributed by atoms with Crippen LogP contribution in [-0.4, -0.2) is 45.2 Å². The first kappa shape index (κ1) is 23.1. The largest absolute Gasteiger partial charge is 0.343 e. The minimum absolute atomic E-state index is 0.0227. The molecule has 0 aliphatic rings. The van der Waals surface area contributed by atoms with E-state index in [1.54, 1.807) is 0 Å². The van der Waals surface area contributed by atoms with Gasteiger partial charge in [-0.1, -0.05) is 17.7 Å². The van der Waals surface area contributed by atoms with Crippen LogP contribution in [-0.2, 0) is 14.8 Å². The van der Waals surface area contributed by atoms with Gasteiger partial charge < -0.3 is 10.6 Å². The lowest BCUT2D eigenvalue weighted by Gasteiger charge is -2.15. The number of sulfonamides is 1. The van der Waals surface area contributed by atoms with Crippen molar-refractivity contribution in [3.63, 3.8) is 0 Å². The van der Waals surface area contributed by atoms with Gasteiger partial charge in [-0.15, -0.1) is 0 Å². The van der Waals surface area contributed by atoms with Crippen LogP contribution in [0.4, 0.5) is 5.69 Å². The van der Waals surface area contributed by atoms with Gasteiger partial charge in [-0.2, -0.15) is 0 Å². The van der Waals surface area contributed by atoms with Gasteiger partial charge in [0.25, 0.3) is 5.91 Å². The first-order valence-electron chi connectivity index (χ1n) is 8.81.